The zero-order valence-corrected chi connectivity index (χ0v) is 19.3. The highest BCUT2D eigenvalue weighted by Crippen LogP contribution is 2.40. The molecule has 0 radical (unpaired) electrons. The molecule has 0 spiro atoms. The van der Waals surface area contributed by atoms with Crippen molar-refractivity contribution in [2.45, 2.75) is 6.29 Å². The number of nitrogens with zero attached hydrogens (tertiary/aromatic N) is 3. The number of halogens is 1. The Morgan fingerprint density at radius 1 is 1.06 bits per heavy atom. The van der Waals surface area contributed by atoms with Crippen molar-refractivity contribution in [1.82, 2.24) is 9.97 Å². The van der Waals surface area contributed by atoms with Crippen molar-refractivity contribution < 1.29 is 23.7 Å². The van der Waals surface area contributed by atoms with E-state index in [1.165, 1.54) is 0 Å². The van der Waals surface area contributed by atoms with E-state index in [0.717, 1.165) is 10.0 Å². The number of methoxy groups -OCH3 is 3. The standard InChI is InChI=1S/C22H21BrN4O5/c1-28-16-10-15(11-17(29-2)20(16)30-3)25-22-24-8-7-18(27-22)26-19-12-31-21(32-19)13-5-4-6-14(23)9-13/h4-11,21H,12H2,1-3H3,(H,24,25,27). The summed E-state index contributed by atoms with van der Waals surface area (Å²) in [6, 6.07) is 13.0. The van der Waals surface area contributed by atoms with E-state index in [1.807, 2.05) is 24.3 Å². The van der Waals surface area contributed by atoms with E-state index in [4.69, 9.17) is 23.7 Å². The number of ether oxygens (including phenoxy) is 5. The Bertz CT molecular complexity index is 1120. The maximum atomic E-state index is 5.83. The van der Waals surface area contributed by atoms with Gasteiger partial charge in [-0.05, 0) is 12.1 Å². The molecule has 0 bridgehead atoms. The van der Waals surface area contributed by atoms with E-state index in [-0.39, 0.29) is 6.61 Å². The van der Waals surface area contributed by atoms with Crippen LogP contribution < -0.4 is 19.5 Å². The Hall–Kier alpha value is -3.37. The molecule has 1 aliphatic rings. The van der Waals surface area contributed by atoms with Crippen LogP contribution in [0.1, 0.15) is 11.9 Å². The third-order valence-electron chi connectivity index (χ3n) is 4.52. The summed E-state index contributed by atoms with van der Waals surface area (Å²) in [6.45, 7) is 0.247. The molecule has 166 valence electrons. The Kier molecular flexibility index (Phi) is 6.72. The zero-order chi connectivity index (χ0) is 22.5. The van der Waals surface area contributed by atoms with Gasteiger partial charge in [-0.3, -0.25) is 0 Å². The van der Waals surface area contributed by atoms with Crippen LogP contribution in [0, 0.1) is 0 Å². The van der Waals surface area contributed by atoms with Crippen LogP contribution in [0.25, 0.3) is 0 Å². The molecule has 0 amide bonds. The van der Waals surface area contributed by atoms with Crippen molar-refractivity contribution in [2.24, 2.45) is 4.99 Å². The number of rotatable bonds is 7. The van der Waals surface area contributed by atoms with Crippen molar-refractivity contribution in [1.29, 1.82) is 0 Å². The number of anilines is 2. The second-order valence-electron chi connectivity index (χ2n) is 6.60. The van der Waals surface area contributed by atoms with Gasteiger partial charge in [0.2, 0.25) is 23.9 Å². The minimum atomic E-state index is -0.509. The summed E-state index contributed by atoms with van der Waals surface area (Å²) in [5, 5.41) is 3.13. The lowest BCUT2D eigenvalue weighted by atomic mass is 10.2. The minimum absolute atomic E-state index is 0.247. The third kappa shape index (κ3) is 4.92. The highest BCUT2D eigenvalue weighted by atomic mass is 79.9. The first-order valence-electron chi connectivity index (χ1n) is 9.61. The third-order valence-corrected chi connectivity index (χ3v) is 5.02. The molecule has 32 heavy (non-hydrogen) atoms. The molecule has 9 nitrogen and oxygen atoms in total. The fraction of sp³-hybridized carbons (Fsp3) is 0.227. The fourth-order valence-electron chi connectivity index (χ4n) is 3.10. The molecule has 1 aromatic heterocycles. The number of hydrogen-bond donors (Lipinski definition) is 1. The topological polar surface area (TPSA) is 96.3 Å². The second-order valence-corrected chi connectivity index (χ2v) is 7.51. The average molecular weight is 501 g/mol. The molecule has 3 aromatic rings. The number of benzene rings is 2. The van der Waals surface area contributed by atoms with Gasteiger partial charge < -0.3 is 29.0 Å². The summed E-state index contributed by atoms with van der Waals surface area (Å²) >= 11 is 3.45. The highest BCUT2D eigenvalue weighted by molar-refractivity contribution is 9.10. The molecule has 0 saturated carbocycles. The largest absolute Gasteiger partial charge is 0.493 e. The Morgan fingerprint density at radius 2 is 1.84 bits per heavy atom. The van der Waals surface area contributed by atoms with Gasteiger partial charge in [-0.25, -0.2) is 4.98 Å². The van der Waals surface area contributed by atoms with Crippen LogP contribution in [0.5, 0.6) is 17.2 Å². The molecule has 2 aromatic carbocycles. The van der Waals surface area contributed by atoms with Crippen molar-refractivity contribution in [3.63, 3.8) is 0 Å². The predicted octanol–water partition coefficient (Wildman–Crippen LogP) is 4.78. The molecule has 1 atom stereocenters. The van der Waals surface area contributed by atoms with Gasteiger partial charge in [-0.2, -0.15) is 9.98 Å². The maximum Gasteiger partial charge on any atom is 0.229 e. The van der Waals surface area contributed by atoms with E-state index in [2.05, 4.69) is 36.2 Å². The van der Waals surface area contributed by atoms with Gasteiger partial charge in [-0.1, -0.05) is 28.1 Å². The van der Waals surface area contributed by atoms with Gasteiger partial charge >= 0.3 is 0 Å². The molecule has 1 N–H and O–H groups in total. The monoisotopic (exact) mass is 500 g/mol. The molecule has 10 heteroatoms. The van der Waals surface area contributed by atoms with E-state index in [0.29, 0.717) is 40.6 Å². The molecule has 1 unspecified atom stereocenters. The molecular formula is C22H21BrN4O5. The maximum absolute atomic E-state index is 5.83. The normalized spacial score (nSPS) is 16.5. The average Bonchev–Trinajstić information content (AvgIpc) is 3.27. The van der Waals surface area contributed by atoms with Crippen LogP contribution >= 0.6 is 15.9 Å². The van der Waals surface area contributed by atoms with Gasteiger partial charge in [0.25, 0.3) is 0 Å². The van der Waals surface area contributed by atoms with Gasteiger partial charge in [0, 0.05) is 40.1 Å². The molecule has 0 aliphatic carbocycles. The van der Waals surface area contributed by atoms with E-state index in [9.17, 15) is 0 Å². The number of aliphatic imine (C=N–C) groups is 1. The first kappa shape index (κ1) is 21.8. The molecular weight excluding hydrogens is 480 g/mol. The summed E-state index contributed by atoms with van der Waals surface area (Å²) in [6.07, 6.45) is 1.10. The van der Waals surface area contributed by atoms with E-state index < -0.39 is 6.29 Å². The Morgan fingerprint density at radius 3 is 2.53 bits per heavy atom. The number of aromatic nitrogens is 2. The zero-order valence-electron chi connectivity index (χ0n) is 17.7. The quantitative estimate of drug-likeness (QED) is 0.494. The Labute approximate surface area is 193 Å². The minimum Gasteiger partial charge on any atom is -0.493 e. The van der Waals surface area contributed by atoms with Crippen molar-refractivity contribution in [3.8, 4) is 17.2 Å². The lowest BCUT2D eigenvalue weighted by Gasteiger charge is -2.14. The molecule has 1 aliphatic heterocycles. The van der Waals surface area contributed by atoms with Crippen molar-refractivity contribution >= 4 is 39.3 Å². The van der Waals surface area contributed by atoms with Gasteiger partial charge in [0.05, 0.1) is 21.3 Å². The summed E-state index contributed by atoms with van der Waals surface area (Å²) in [5.74, 6) is 2.75. The van der Waals surface area contributed by atoms with Crippen LogP contribution in [0.4, 0.5) is 17.5 Å². The molecule has 2 heterocycles. The number of hydrogen-bond acceptors (Lipinski definition) is 9. The molecule has 1 fully saturated rings. The van der Waals surface area contributed by atoms with E-state index in [1.54, 1.807) is 45.7 Å². The van der Waals surface area contributed by atoms with Crippen LogP contribution in [0.15, 0.2) is 58.1 Å². The lowest BCUT2D eigenvalue weighted by Crippen LogP contribution is -2.02. The summed E-state index contributed by atoms with van der Waals surface area (Å²) in [4.78, 5) is 13.1. The Balaban J connectivity index is 1.51. The smallest absolute Gasteiger partial charge is 0.229 e. The van der Waals surface area contributed by atoms with E-state index >= 15 is 0 Å². The van der Waals surface area contributed by atoms with Gasteiger partial charge in [-0.15, -0.1) is 0 Å². The van der Waals surface area contributed by atoms with Gasteiger partial charge in [0.1, 0.15) is 6.61 Å². The predicted molar refractivity (Wildman–Crippen MR) is 122 cm³/mol. The number of nitrogens with one attached hydrogen (secondary N) is 1. The van der Waals surface area contributed by atoms with Crippen LogP contribution in [0.2, 0.25) is 0 Å². The van der Waals surface area contributed by atoms with Crippen LogP contribution in [0.3, 0.4) is 0 Å². The highest BCUT2D eigenvalue weighted by Gasteiger charge is 2.24. The summed E-state index contributed by atoms with van der Waals surface area (Å²) < 4.78 is 28.6. The fourth-order valence-corrected chi connectivity index (χ4v) is 3.51. The first-order chi connectivity index (χ1) is 15.6. The van der Waals surface area contributed by atoms with Gasteiger partial charge in [0.15, 0.2) is 17.3 Å². The molecule has 1 saturated heterocycles. The van der Waals surface area contributed by atoms with Crippen LogP contribution in [-0.4, -0.2) is 43.8 Å². The van der Waals surface area contributed by atoms with Crippen LogP contribution in [-0.2, 0) is 9.47 Å². The molecule has 4 rings (SSSR count). The first-order valence-corrected chi connectivity index (χ1v) is 10.4. The second kappa shape index (κ2) is 9.84. The summed E-state index contributed by atoms with van der Waals surface area (Å²) in [5.41, 5.74) is 1.57. The lowest BCUT2D eigenvalue weighted by molar-refractivity contribution is -0.0245. The van der Waals surface area contributed by atoms with Crippen molar-refractivity contribution in [2.75, 3.05) is 33.3 Å². The summed E-state index contributed by atoms with van der Waals surface area (Å²) in [7, 11) is 4.66. The van der Waals surface area contributed by atoms with Crippen molar-refractivity contribution in [3.05, 3.63) is 58.7 Å². The SMILES string of the molecule is COc1cc(Nc2nccc(N=C3COC(c4cccc(Br)c4)O3)n2)cc(OC)c1OC.